The third-order valence-electron chi connectivity index (χ3n) is 5.99. The maximum absolute atomic E-state index is 5.98. The molecule has 2 aliphatic rings. The van der Waals surface area contributed by atoms with E-state index in [0.29, 0.717) is 28.0 Å². The van der Waals surface area contributed by atoms with Crippen LogP contribution in [0.5, 0.6) is 23.0 Å². The zero-order chi connectivity index (χ0) is 27.4. The lowest BCUT2D eigenvalue weighted by atomic mass is 10.2. The molecular formula is C30H27ClN4O4. The van der Waals surface area contributed by atoms with Gasteiger partial charge in [-0.3, -0.25) is 0 Å². The number of rotatable bonds is 4. The average molecular weight is 543 g/mol. The van der Waals surface area contributed by atoms with Crippen molar-refractivity contribution in [3.63, 3.8) is 0 Å². The van der Waals surface area contributed by atoms with Crippen molar-refractivity contribution in [2.75, 3.05) is 28.4 Å². The summed E-state index contributed by atoms with van der Waals surface area (Å²) >= 11 is 5.98. The Balaban J connectivity index is 0.000000179. The number of nitrogens with one attached hydrogen (secondary N) is 2. The van der Waals surface area contributed by atoms with E-state index < -0.39 is 0 Å². The Hall–Kier alpha value is -4.69. The Morgan fingerprint density at radius 1 is 0.513 bits per heavy atom. The molecule has 0 saturated heterocycles. The summed E-state index contributed by atoms with van der Waals surface area (Å²) in [5, 5.41) is 0.409. The molecule has 9 heteroatoms. The summed E-state index contributed by atoms with van der Waals surface area (Å²) in [5.41, 5.74) is 7.86. The third-order valence-corrected chi connectivity index (χ3v) is 6.27. The van der Waals surface area contributed by atoms with E-state index in [1.165, 1.54) is 28.4 Å². The van der Waals surface area contributed by atoms with Crippen LogP contribution < -0.4 is 18.9 Å². The van der Waals surface area contributed by atoms with Crippen LogP contribution in [0, 0.1) is 0 Å². The minimum atomic E-state index is 0.409. The number of benzene rings is 1. The Morgan fingerprint density at radius 2 is 0.949 bits per heavy atom. The molecule has 0 atom stereocenters. The number of fused-ring (bicyclic) bond motifs is 8. The lowest BCUT2D eigenvalue weighted by molar-refractivity contribution is 0.306. The van der Waals surface area contributed by atoms with Crippen LogP contribution in [0.4, 0.5) is 0 Å². The van der Waals surface area contributed by atoms with Gasteiger partial charge < -0.3 is 28.9 Å². The smallest absolute Gasteiger partial charge is 0.208 e. The van der Waals surface area contributed by atoms with Gasteiger partial charge in [-0.15, -0.1) is 0 Å². The minimum Gasteiger partial charge on any atom is -0.493 e. The zero-order valence-electron chi connectivity index (χ0n) is 21.9. The molecule has 8 bridgehead atoms. The molecule has 198 valence electrons. The molecule has 0 spiro atoms. The first kappa shape index (κ1) is 25.9. The van der Waals surface area contributed by atoms with Crippen molar-refractivity contribution in [2.45, 2.75) is 0 Å². The van der Waals surface area contributed by atoms with Crippen molar-refractivity contribution in [3.8, 4) is 23.0 Å². The average Bonchev–Trinajstić information content (AvgIpc) is 3.74. The number of aromatic nitrogens is 4. The van der Waals surface area contributed by atoms with Crippen molar-refractivity contribution in [1.82, 2.24) is 19.9 Å². The summed E-state index contributed by atoms with van der Waals surface area (Å²) < 4.78 is 20.6. The highest BCUT2D eigenvalue weighted by atomic mass is 35.5. The van der Waals surface area contributed by atoms with Crippen LogP contribution in [0.3, 0.4) is 0 Å². The quantitative estimate of drug-likeness (QED) is 0.248. The lowest BCUT2D eigenvalue weighted by Crippen LogP contribution is -1.98. The number of ether oxygens (including phenoxy) is 4. The van der Waals surface area contributed by atoms with E-state index in [9.17, 15) is 0 Å². The number of aromatic amines is 2. The Morgan fingerprint density at radius 3 is 1.38 bits per heavy atom. The van der Waals surface area contributed by atoms with Gasteiger partial charge in [0.2, 0.25) is 11.5 Å². The molecule has 1 aromatic carbocycles. The molecule has 8 nitrogen and oxygen atoms in total. The van der Waals surface area contributed by atoms with Gasteiger partial charge in [0, 0.05) is 28.1 Å². The van der Waals surface area contributed by atoms with Crippen LogP contribution in [0.1, 0.15) is 22.8 Å². The van der Waals surface area contributed by atoms with Crippen molar-refractivity contribution in [1.29, 1.82) is 0 Å². The predicted molar refractivity (Wildman–Crippen MR) is 157 cm³/mol. The van der Waals surface area contributed by atoms with Gasteiger partial charge in [0.05, 0.1) is 56.2 Å². The molecular weight excluding hydrogens is 516 g/mol. The van der Waals surface area contributed by atoms with E-state index in [0.717, 1.165) is 44.8 Å². The number of halogens is 1. The summed E-state index contributed by atoms with van der Waals surface area (Å²) in [6.07, 6.45) is 8.05. The van der Waals surface area contributed by atoms with E-state index >= 15 is 0 Å². The molecule has 0 saturated carbocycles. The fourth-order valence-electron chi connectivity index (χ4n) is 4.23. The number of hydrogen-bond donors (Lipinski definition) is 2. The van der Waals surface area contributed by atoms with E-state index in [2.05, 4.69) is 50.3 Å². The maximum Gasteiger partial charge on any atom is 0.208 e. The molecule has 0 aliphatic carbocycles. The van der Waals surface area contributed by atoms with Crippen molar-refractivity contribution in [2.24, 2.45) is 0 Å². The van der Waals surface area contributed by atoms with E-state index in [-0.39, 0.29) is 0 Å². The van der Waals surface area contributed by atoms with E-state index in [1.807, 2.05) is 42.5 Å². The molecule has 2 N–H and O–H groups in total. The second-order valence-electron chi connectivity index (χ2n) is 8.57. The van der Waals surface area contributed by atoms with Gasteiger partial charge in [-0.2, -0.15) is 0 Å². The molecule has 3 aromatic heterocycles. The summed E-state index contributed by atoms with van der Waals surface area (Å²) in [4.78, 5) is 16.0. The Kier molecular flexibility index (Phi) is 7.56. The van der Waals surface area contributed by atoms with Gasteiger partial charge in [0.1, 0.15) is 0 Å². The molecule has 4 aromatic rings. The van der Waals surface area contributed by atoms with Gasteiger partial charge in [-0.1, -0.05) is 11.6 Å². The summed E-state index contributed by atoms with van der Waals surface area (Å²) in [6.45, 7) is 0. The maximum atomic E-state index is 5.98. The molecule has 0 amide bonds. The third kappa shape index (κ3) is 5.76. The van der Waals surface area contributed by atoms with Gasteiger partial charge in [0.25, 0.3) is 0 Å². The Labute approximate surface area is 230 Å². The minimum absolute atomic E-state index is 0.409. The largest absolute Gasteiger partial charge is 0.493 e. The molecule has 0 unspecified atom stereocenters. The molecule has 39 heavy (non-hydrogen) atoms. The van der Waals surface area contributed by atoms with Crippen molar-refractivity contribution in [3.05, 3.63) is 82.4 Å². The van der Waals surface area contributed by atoms with E-state index in [1.54, 1.807) is 6.07 Å². The summed E-state index contributed by atoms with van der Waals surface area (Å²) in [7, 11) is 6.07. The molecule has 5 heterocycles. The first-order valence-electron chi connectivity index (χ1n) is 12.1. The molecule has 0 fully saturated rings. The second kappa shape index (κ2) is 11.4. The van der Waals surface area contributed by atoms with Crippen LogP contribution >= 0.6 is 11.6 Å². The van der Waals surface area contributed by atoms with Crippen LogP contribution in [-0.4, -0.2) is 48.4 Å². The lowest BCUT2D eigenvalue weighted by Gasteiger charge is -2.15. The highest BCUT2D eigenvalue weighted by Crippen LogP contribution is 2.48. The van der Waals surface area contributed by atoms with Gasteiger partial charge in [-0.25, -0.2) is 9.97 Å². The fraction of sp³-hybridized carbons (Fsp3) is 0.133. The first-order valence-corrected chi connectivity index (χ1v) is 12.4. The van der Waals surface area contributed by atoms with Crippen LogP contribution in [0.15, 0.2) is 54.6 Å². The van der Waals surface area contributed by atoms with Crippen molar-refractivity contribution >= 4 is 58.0 Å². The molecule has 2 aliphatic heterocycles. The van der Waals surface area contributed by atoms with Crippen LogP contribution in [0.2, 0.25) is 5.02 Å². The topological polar surface area (TPSA) is 94.3 Å². The zero-order valence-corrected chi connectivity index (χ0v) is 22.7. The highest BCUT2D eigenvalue weighted by Gasteiger charge is 2.20. The first-order chi connectivity index (χ1) is 19.0. The van der Waals surface area contributed by atoms with Gasteiger partial charge >= 0.3 is 0 Å². The second-order valence-corrected chi connectivity index (χ2v) is 8.97. The molecule has 0 radical (unpaired) electrons. The number of hydrogen-bond acceptors (Lipinski definition) is 6. The summed E-state index contributed by atoms with van der Waals surface area (Å²) in [5.74, 6) is 1.81. The number of H-pyrrole nitrogens is 2. The van der Waals surface area contributed by atoms with Crippen molar-refractivity contribution < 1.29 is 18.9 Å². The van der Waals surface area contributed by atoms with Crippen LogP contribution in [0.25, 0.3) is 46.4 Å². The van der Waals surface area contributed by atoms with E-state index in [4.69, 9.17) is 30.5 Å². The van der Waals surface area contributed by atoms with Gasteiger partial charge in [-0.05, 0) is 72.8 Å². The number of nitrogens with zero attached hydrogens (tertiary/aromatic N) is 2. The highest BCUT2D eigenvalue weighted by molar-refractivity contribution is 6.32. The fourth-order valence-corrected chi connectivity index (χ4v) is 4.50. The normalized spacial score (nSPS) is 11.5. The standard InChI is InChI=1S/C20H14N4.C10H13ClO4/c1-2-14-10-16-5-6-18(23-16)12-20-8-7-19(24-20)11-17-4-3-15(22-17)9-13(1)21-14;1-12-7-5-6(11)8(13-2)10(15-4)9(7)14-3/h1-12,21-22H;5H,1-4H3. The van der Waals surface area contributed by atoms with Crippen LogP contribution in [-0.2, 0) is 0 Å². The van der Waals surface area contributed by atoms with Gasteiger partial charge in [0.15, 0.2) is 11.5 Å². The monoisotopic (exact) mass is 542 g/mol. The number of methoxy groups -OCH3 is 4. The predicted octanol–water partition coefficient (Wildman–Crippen LogP) is 7.03. The molecule has 6 rings (SSSR count). The summed E-state index contributed by atoms with van der Waals surface area (Å²) in [6, 6.07) is 18.0. The SMILES string of the molecule is C1=Cc2cc3ccc(cc4ccc(cc5nc(cc1n2)C=C5)[nH]4)[nH]3.COc1cc(Cl)c(OC)c(OC)c1OC. The Bertz CT molecular complexity index is 1650.